The molecule has 0 spiro atoms. The van der Waals surface area contributed by atoms with Crippen LogP contribution in [0.1, 0.15) is 55.8 Å². The molecule has 6 nitrogen and oxygen atoms in total. The number of hydrogen-bond acceptors (Lipinski definition) is 3. The minimum Gasteiger partial charge on any atom is -0.356 e. The Labute approximate surface area is 155 Å². The number of amides is 3. The molecule has 1 aromatic rings. The molecule has 3 amide bonds. The first-order valence-electron chi connectivity index (χ1n) is 9.46. The second kappa shape index (κ2) is 10.6. The number of nitrogens with zero attached hydrogens (tertiary/aromatic N) is 1. The van der Waals surface area contributed by atoms with Gasteiger partial charge in [-0.1, -0.05) is 24.6 Å². The molecule has 1 unspecified atom stereocenters. The quantitative estimate of drug-likeness (QED) is 0.698. The summed E-state index contributed by atoms with van der Waals surface area (Å²) in [6.45, 7) is 3.88. The Hall–Kier alpha value is -2.37. The molecule has 1 atom stereocenters. The van der Waals surface area contributed by atoms with Gasteiger partial charge >= 0.3 is 0 Å². The van der Waals surface area contributed by atoms with Crippen LogP contribution < -0.4 is 10.6 Å². The van der Waals surface area contributed by atoms with Crippen molar-refractivity contribution in [1.29, 1.82) is 0 Å². The number of nitrogens with one attached hydrogen (secondary N) is 2. The summed E-state index contributed by atoms with van der Waals surface area (Å²) in [4.78, 5) is 37.9. The minimum atomic E-state index is -0.241. The van der Waals surface area contributed by atoms with Crippen LogP contribution in [0.3, 0.4) is 0 Å². The molecule has 1 aliphatic rings. The van der Waals surface area contributed by atoms with Crippen LogP contribution in [0.5, 0.6) is 0 Å². The molecule has 0 aromatic heterocycles. The van der Waals surface area contributed by atoms with Gasteiger partial charge in [-0.05, 0) is 38.3 Å². The summed E-state index contributed by atoms with van der Waals surface area (Å²) < 4.78 is 0. The van der Waals surface area contributed by atoms with Gasteiger partial charge in [-0.15, -0.1) is 0 Å². The number of carbonyl (C=O) groups excluding carboxylic acids is 3. The third-order valence-corrected chi connectivity index (χ3v) is 4.50. The van der Waals surface area contributed by atoms with Gasteiger partial charge in [0, 0.05) is 44.1 Å². The summed E-state index contributed by atoms with van der Waals surface area (Å²) in [7, 11) is 0. The number of rotatable bonds is 8. The van der Waals surface area contributed by atoms with Crippen molar-refractivity contribution in [2.75, 3.05) is 19.6 Å². The molecule has 1 aliphatic heterocycles. The highest BCUT2D eigenvalue weighted by atomic mass is 16.2. The van der Waals surface area contributed by atoms with Crippen LogP contribution in [0.15, 0.2) is 30.3 Å². The maximum Gasteiger partial charge on any atom is 0.251 e. The maximum atomic E-state index is 12.1. The number of benzene rings is 1. The smallest absolute Gasteiger partial charge is 0.251 e. The highest BCUT2D eigenvalue weighted by molar-refractivity contribution is 5.94. The van der Waals surface area contributed by atoms with Gasteiger partial charge in [-0.3, -0.25) is 14.4 Å². The van der Waals surface area contributed by atoms with Crippen LogP contribution in [0.2, 0.25) is 0 Å². The Kier molecular flexibility index (Phi) is 8.12. The molecule has 1 aromatic carbocycles. The van der Waals surface area contributed by atoms with E-state index < -0.39 is 0 Å². The Bertz CT molecular complexity index is 604. The fraction of sp³-hybridized carbons (Fsp3) is 0.550. The van der Waals surface area contributed by atoms with Crippen LogP contribution in [-0.2, 0) is 9.59 Å². The third kappa shape index (κ3) is 6.86. The summed E-state index contributed by atoms with van der Waals surface area (Å²) in [5.74, 6) is -0.0373. The highest BCUT2D eigenvalue weighted by Gasteiger charge is 2.16. The van der Waals surface area contributed by atoms with Crippen molar-refractivity contribution < 1.29 is 14.4 Å². The Morgan fingerprint density at radius 3 is 2.69 bits per heavy atom. The summed E-state index contributed by atoms with van der Waals surface area (Å²) in [6, 6.07) is 8.71. The van der Waals surface area contributed by atoms with E-state index >= 15 is 0 Å². The zero-order valence-corrected chi connectivity index (χ0v) is 15.5. The Morgan fingerprint density at radius 2 is 1.92 bits per heavy atom. The van der Waals surface area contributed by atoms with Crippen LogP contribution in [0.4, 0.5) is 0 Å². The number of likely N-dealkylation sites (tertiary alicyclic amines) is 1. The molecule has 26 heavy (non-hydrogen) atoms. The lowest BCUT2D eigenvalue weighted by atomic mass is 10.1. The largest absolute Gasteiger partial charge is 0.356 e. The standard InChI is InChI=1S/C20H29N3O3/c1-16(22-20(26)17-9-4-2-5-10-17)15-18(24)21-12-8-14-23-13-7-3-6-11-19(23)25/h2,4-5,9-10,16H,3,6-8,11-15H2,1H3,(H,21,24)(H,22,26). The lowest BCUT2D eigenvalue weighted by Crippen LogP contribution is -2.38. The average molecular weight is 359 g/mol. The Balaban J connectivity index is 1.62. The predicted molar refractivity (Wildman–Crippen MR) is 101 cm³/mol. The van der Waals surface area contributed by atoms with Crippen molar-refractivity contribution in [1.82, 2.24) is 15.5 Å². The summed E-state index contributed by atoms with van der Waals surface area (Å²) >= 11 is 0. The van der Waals surface area contributed by atoms with E-state index in [9.17, 15) is 14.4 Å². The van der Waals surface area contributed by atoms with Gasteiger partial charge in [0.2, 0.25) is 11.8 Å². The molecule has 2 N–H and O–H groups in total. The number of carbonyl (C=O) groups is 3. The lowest BCUT2D eigenvalue weighted by molar-refractivity contribution is -0.130. The highest BCUT2D eigenvalue weighted by Crippen LogP contribution is 2.11. The summed E-state index contributed by atoms with van der Waals surface area (Å²) in [5.41, 5.74) is 0.585. The van der Waals surface area contributed by atoms with E-state index in [0.29, 0.717) is 25.1 Å². The monoisotopic (exact) mass is 359 g/mol. The first-order chi connectivity index (χ1) is 12.6. The van der Waals surface area contributed by atoms with E-state index in [0.717, 1.165) is 32.2 Å². The Morgan fingerprint density at radius 1 is 1.15 bits per heavy atom. The minimum absolute atomic E-state index is 0.0898. The molecule has 0 aliphatic carbocycles. The predicted octanol–water partition coefficient (Wildman–Crippen LogP) is 2.10. The van der Waals surface area contributed by atoms with Gasteiger partial charge < -0.3 is 15.5 Å². The lowest BCUT2D eigenvalue weighted by Gasteiger charge is -2.20. The van der Waals surface area contributed by atoms with Gasteiger partial charge in [-0.25, -0.2) is 0 Å². The fourth-order valence-electron chi connectivity index (χ4n) is 3.07. The van der Waals surface area contributed by atoms with Gasteiger partial charge in [0.15, 0.2) is 0 Å². The SMILES string of the molecule is CC(CC(=O)NCCCN1CCCCCC1=O)NC(=O)c1ccccc1. The fourth-order valence-corrected chi connectivity index (χ4v) is 3.07. The van der Waals surface area contributed by atoms with Gasteiger partial charge in [0.05, 0.1) is 0 Å². The van der Waals surface area contributed by atoms with Crippen LogP contribution >= 0.6 is 0 Å². The molecule has 1 heterocycles. The van der Waals surface area contributed by atoms with Crippen LogP contribution in [-0.4, -0.2) is 48.3 Å². The molecule has 0 saturated carbocycles. The van der Waals surface area contributed by atoms with Crippen LogP contribution in [0.25, 0.3) is 0 Å². The van der Waals surface area contributed by atoms with Crippen LogP contribution in [0, 0.1) is 0 Å². The second-order valence-corrected chi connectivity index (χ2v) is 6.84. The molecular weight excluding hydrogens is 330 g/mol. The summed E-state index contributed by atoms with van der Waals surface area (Å²) in [5, 5.41) is 5.70. The second-order valence-electron chi connectivity index (χ2n) is 6.84. The van der Waals surface area contributed by atoms with Crippen molar-refractivity contribution >= 4 is 17.7 Å². The van der Waals surface area contributed by atoms with Crippen molar-refractivity contribution in [2.45, 2.75) is 51.5 Å². The molecule has 6 heteroatoms. The first-order valence-corrected chi connectivity index (χ1v) is 9.46. The van der Waals surface area contributed by atoms with E-state index in [1.165, 1.54) is 0 Å². The maximum absolute atomic E-state index is 12.1. The van der Waals surface area contributed by atoms with E-state index in [-0.39, 0.29) is 30.2 Å². The number of hydrogen-bond donors (Lipinski definition) is 2. The molecular formula is C20H29N3O3. The van der Waals surface area contributed by atoms with E-state index in [4.69, 9.17) is 0 Å². The molecule has 0 radical (unpaired) electrons. The molecule has 0 bridgehead atoms. The molecule has 142 valence electrons. The van der Waals surface area contributed by atoms with Crippen molar-refractivity contribution in [3.8, 4) is 0 Å². The van der Waals surface area contributed by atoms with Gasteiger partial charge in [0.1, 0.15) is 0 Å². The zero-order valence-electron chi connectivity index (χ0n) is 15.5. The van der Waals surface area contributed by atoms with Crippen molar-refractivity contribution in [2.24, 2.45) is 0 Å². The molecule has 2 rings (SSSR count). The van der Waals surface area contributed by atoms with Gasteiger partial charge in [0.25, 0.3) is 5.91 Å². The van der Waals surface area contributed by atoms with E-state index in [2.05, 4.69) is 10.6 Å². The first kappa shape index (κ1) is 19.9. The third-order valence-electron chi connectivity index (χ3n) is 4.50. The van der Waals surface area contributed by atoms with E-state index in [1.807, 2.05) is 17.9 Å². The van der Waals surface area contributed by atoms with Crippen molar-refractivity contribution in [3.63, 3.8) is 0 Å². The zero-order chi connectivity index (χ0) is 18.8. The van der Waals surface area contributed by atoms with Crippen molar-refractivity contribution in [3.05, 3.63) is 35.9 Å². The normalized spacial score (nSPS) is 15.9. The average Bonchev–Trinajstić information content (AvgIpc) is 2.83. The molecule has 1 fully saturated rings. The summed E-state index contributed by atoms with van der Waals surface area (Å²) in [6.07, 6.45) is 4.80. The van der Waals surface area contributed by atoms with Gasteiger partial charge in [-0.2, -0.15) is 0 Å². The van der Waals surface area contributed by atoms with E-state index in [1.54, 1.807) is 24.3 Å². The topological polar surface area (TPSA) is 78.5 Å². The molecule has 1 saturated heterocycles.